The van der Waals surface area contributed by atoms with Gasteiger partial charge in [0.1, 0.15) is 0 Å². The molecule has 0 saturated carbocycles. The van der Waals surface area contributed by atoms with E-state index in [9.17, 15) is 4.79 Å². The van der Waals surface area contributed by atoms with E-state index in [0.29, 0.717) is 6.54 Å². The first kappa shape index (κ1) is 17.1. The Balaban J connectivity index is 0. The molecule has 0 spiro atoms. The van der Waals surface area contributed by atoms with Crippen LogP contribution in [0.5, 0.6) is 0 Å². The van der Waals surface area contributed by atoms with Crippen molar-refractivity contribution in [3.63, 3.8) is 0 Å². The summed E-state index contributed by atoms with van der Waals surface area (Å²) in [7, 11) is 0. The third kappa shape index (κ3) is 4.85. The van der Waals surface area contributed by atoms with Gasteiger partial charge in [-0.2, -0.15) is 0 Å². The molecule has 0 aromatic rings. The predicted molar refractivity (Wildman–Crippen MR) is 67.2 cm³/mol. The minimum atomic E-state index is -0.194. The molecule has 92 valence electrons. The highest BCUT2D eigenvalue weighted by molar-refractivity contribution is 5.85. The van der Waals surface area contributed by atoms with Crippen molar-refractivity contribution >= 4 is 18.3 Å². The Labute approximate surface area is 99.6 Å². The average Bonchev–Trinajstić information content (AvgIpc) is 2.24. The molecule has 3 N–H and O–H groups in total. The molecule has 15 heavy (non-hydrogen) atoms. The first-order chi connectivity index (χ1) is 6.55. The van der Waals surface area contributed by atoms with Crippen LogP contribution in [0.25, 0.3) is 0 Å². The fourth-order valence-corrected chi connectivity index (χ4v) is 1.34. The van der Waals surface area contributed by atoms with Crippen LogP contribution >= 0.6 is 12.4 Å². The molecule has 1 unspecified atom stereocenters. The Morgan fingerprint density at radius 1 is 1.33 bits per heavy atom. The molecule has 0 aromatic carbocycles. The highest BCUT2D eigenvalue weighted by Gasteiger charge is 2.27. The lowest BCUT2D eigenvalue weighted by Gasteiger charge is -2.32. The van der Waals surface area contributed by atoms with Crippen molar-refractivity contribution < 1.29 is 4.79 Å². The summed E-state index contributed by atoms with van der Waals surface area (Å²) in [5.74, 6) is 0.209. The maximum Gasteiger partial charge on any atom is 0.223 e. The quantitative estimate of drug-likeness (QED) is 0.742. The van der Waals surface area contributed by atoms with Crippen molar-refractivity contribution in [2.24, 2.45) is 11.7 Å². The summed E-state index contributed by atoms with van der Waals surface area (Å²) in [4.78, 5) is 11.7. The van der Waals surface area contributed by atoms with Gasteiger partial charge in [0.15, 0.2) is 0 Å². The van der Waals surface area contributed by atoms with E-state index in [1.54, 1.807) is 0 Å². The van der Waals surface area contributed by atoms with Crippen LogP contribution in [-0.2, 0) is 4.79 Å². The fraction of sp³-hybridized carbons (Fsp3) is 0.909. The van der Waals surface area contributed by atoms with Gasteiger partial charge >= 0.3 is 0 Å². The Kier molecular flexibility index (Phi) is 9.07. The maximum absolute atomic E-state index is 11.7. The zero-order valence-electron chi connectivity index (χ0n) is 10.3. The highest BCUT2D eigenvalue weighted by atomic mass is 35.5. The molecule has 1 amide bonds. The number of nitrogens with two attached hydrogens (primary N) is 1. The summed E-state index contributed by atoms with van der Waals surface area (Å²) >= 11 is 0. The van der Waals surface area contributed by atoms with E-state index in [2.05, 4.69) is 19.2 Å². The summed E-state index contributed by atoms with van der Waals surface area (Å²) in [6, 6.07) is 0. The summed E-state index contributed by atoms with van der Waals surface area (Å²) in [5.41, 5.74) is 5.51. The number of rotatable bonds is 6. The Hall–Kier alpha value is -0.280. The molecule has 0 aromatic heterocycles. The highest BCUT2D eigenvalue weighted by Crippen LogP contribution is 2.14. The lowest BCUT2D eigenvalue weighted by atomic mass is 9.92. The summed E-state index contributed by atoms with van der Waals surface area (Å²) in [6.07, 6.45) is 2.66. The van der Waals surface area contributed by atoms with Gasteiger partial charge in [-0.05, 0) is 19.3 Å². The predicted octanol–water partition coefficient (Wildman–Crippen LogP) is 2.09. The van der Waals surface area contributed by atoms with E-state index in [0.717, 1.165) is 19.3 Å². The second kappa shape index (κ2) is 7.94. The van der Waals surface area contributed by atoms with Gasteiger partial charge in [-0.15, -0.1) is 12.4 Å². The number of carbonyl (C=O) groups is 1. The van der Waals surface area contributed by atoms with Crippen LogP contribution in [0, 0.1) is 5.92 Å². The molecule has 4 heteroatoms. The normalized spacial score (nSPS) is 12.9. The molecule has 0 aliphatic rings. The summed E-state index contributed by atoms with van der Waals surface area (Å²) < 4.78 is 0. The van der Waals surface area contributed by atoms with Crippen LogP contribution in [0.2, 0.25) is 0 Å². The molecular weight excluding hydrogens is 212 g/mol. The summed E-state index contributed by atoms with van der Waals surface area (Å²) in [6.45, 7) is 8.61. The van der Waals surface area contributed by atoms with E-state index in [1.807, 2.05) is 13.8 Å². The van der Waals surface area contributed by atoms with E-state index in [-0.39, 0.29) is 29.8 Å². The zero-order chi connectivity index (χ0) is 11.2. The van der Waals surface area contributed by atoms with Gasteiger partial charge in [0.2, 0.25) is 5.91 Å². The van der Waals surface area contributed by atoms with E-state index in [1.165, 1.54) is 0 Å². The van der Waals surface area contributed by atoms with Crippen LogP contribution < -0.4 is 11.1 Å². The van der Waals surface area contributed by atoms with Crippen LogP contribution in [0.1, 0.15) is 47.0 Å². The van der Waals surface area contributed by atoms with Crippen molar-refractivity contribution in [3.8, 4) is 0 Å². The molecule has 0 aliphatic carbocycles. The molecule has 0 radical (unpaired) electrons. The Morgan fingerprint density at radius 3 is 2.07 bits per heavy atom. The molecule has 1 atom stereocenters. The van der Waals surface area contributed by atoms with Crippen LogP contribution in [0.15, 0.2) is 0 Å². The Bertz CT molecular complexity index is 173. The van der Waals surface area contributed by atoms with E-state index in [4.69, 9.17) is 5.73 Å². The minimum Gasteiger partial charge on any atom is -0.349 e. The van der Waals surface area contributed by atoms with Crippen molar-refractivity contribution in [2.75, 3.05) is 6.54 Å². The Morgan fingerprint density at radius 2 is 1.80 bits per heavy atom. The number of halogens is 1. The smallest absolute Gasteiger partial charge is 0.223 e. The van der Waals surface area contributed by atoms with Crippen molar-refractivity contribution in [3.05, 3.63) is 0 Å². The van der Waals surface area contributed by atoms with Crippen molar-refractivity contribution in [2.45, 2.75) is 52.5 Å². The van der Waals surface area contributed by atoms with Gasteiger partial charge in [0, 0.05) is 12.5 Å². The molecule has 0 bridgehead atoms. The van der Waals surface area contributed by atoms with Crippen molar-refractivity contribution in [1.29, 1.82) is 0 Å². The SMILES string of the molecule is CCC(C)C(=O)NC(CC)(CC)CN.Cl. The molecule has 0 heterocycles. The third-order valence-corrected chi connectivity index (χ3v) is 3.19. The topological polar surface area (TPSA) is 55.1 Å². The average molecular weight is 237 g/mol. The molecule has 0 fully saturated rings. The molecule has 0 aliphatic heterocycles. The number of hydrogen-bond donors (Lipinski definition) is 2. The second-order valence-corrected chi connectivity index (χ2v) is 3.99. The lowest BCUT2D eigenvalue weighted by molar-refractivity contribution is -0.126. The number of amides is 1. The third-order valence-electron chi connectivity index (χ3n) is 3.19. The lowest BCUT2D eigenvalue weighted by Crippen LogP contribution is -2.54. The second-order valence-electron chi connectivity index (χ2n) is 3.99. The summed E-state index contributed by atoms with van der Waals surface area (Å²) in [5, 5.41) is 3.07. The van der Waals surface area contributed by atoms with Gasteiger partial charge in [0.25, 0.3) is 0 Å². The van der Waals surface area contributed by atoms with Gasteiger partial charge in [-0.3, -0.25) is 4.79 Å². The molecule has 3 nitrogen and oxygen atoms in total. The number of carbonyl (C=O) groups excluding carboxylic acids is 1. The van der Waals surface area contributed by atoms with Crippen molar-refractivity contribution in [1.82, 2.24) is 5.32 Å². The zero-order valence-corrected chi connectivity index (χ0v) is 11.1. The monoisotopic (exact) mass is 236 g/mol. The van der Waals surface area contributed by atoms with Gasteiger partial charge in [0.05, 0.1) is 5.54 Å². The number of hydrogen-bond acceptors (Lipinski definition) is 2. The fourth-order valence-electron chi connectivity index (χ4n) is 1.34. The van der Waals surface area contributed by atoms with E-state index < -0.39 is 0 Å². The first-order valence-electron chi connectivity index (χ1n) is 5.57. The molecular formula is C11H25ClN2O. The van der Waals surface area contributed by atoms with Gasteiger partial charge < -0.3 is 11.1 Å². The number of nitrogens with one attached hydrogen (secondary N) is 1. The molecule has 0 rings (SSSR count). The largest absolute Gasteiger partial charge is 0.349 e. The van der Waals surface area contributed by atoms with Crippen LogP contribution in [0.3, 0.4) is 0 Å². The minimum absolute atomic E-state index is 0. The molecule has 0 saturated heterocycles. The standard InChI is InChI=1S/C11H24N2O.ClH/c1-5-9(4)10(14)13-11(6-2,7-3)8-12;/h9H,5-8,12H2,1-4H3,(H,13,14);1H. The van der Waals surface area contributed by atoms with Gasteiger partial charge in [-0.25, -0.2) is 0 Å². The van der Waals surface area contributed by atoms with E-state index >= 15 is 0 Å². The first-order valence-corrected chi connectivity index (χ1v) is 5.57. The van der Waals surface area contributed by atoms with Crippen LogP contribution in [-0.4, -0.2) is 18.0 Å². The maximum atomic E-state index is 11.7. The van der Waals surface area contributed by atoms with Crippen LogP contribution in [0.4, 0.5) is 0 Å². The van der Waals surface area contributed by atoms with Gasteiger partial charge in [-0.1, -0.05) is 27.7 Å².